The number of aromatic nitrogens is 2. The number of nitrogens with zero attached hydrogens (tertiary/aromatic N) is 3. The molecule has 1 aromatic carbocycles. The molecule has 1 fully saturated rings. The number of halogens is 2. The zero-order valence-corrected chi connectivity index (χ0v) is 14.6. The van der Waals surface area contributed by atoms with Gasteiger partial charge < -0.3 is 4.90 Å². The molecule has 0 N–H and O–H groups in total. The fourth-order valence-electron chi connectivity index (χ4n) is 2.99. The maximum absolute atomic E-state index is 13.5. The summed E-state index contributed by atoms with van der Waals surface area (Å²) in [5.41, 5.74) is 0.910. The summed E-state index contributed by atoms with van der Waals surface area (Å²) in [7, 11) is 0. The molecule has 130 valence electrons. The van der Waals surface area contributed by atoms with Crippen molar-refractivity contribution in [1.29, 1.82) is 0 Å². The summed E-state index contributed by atoms with van der Waals surface area (Å²) in [5.74, 6) is 0.639. The highest BCUT2D eigenvalue weighted by atomic mass is 32.2. The van der Waals surface area contributed by atoms with Crippen molar-refractivity contribution in [1.82, 2.24) is 14.5 Å². The van der Waals surface area contributed by atoms with E-state index in [0.29, 0.717) is 17.0 Å². The van der Waals surface area contributed by atoms with E-state index in [2.05, 4.69) is 11.9 Å². The number of piperidine rings is 1. The number of carbonyl (C=O) groups is 1. The van der Waals surface area contributed by atoms with Crippen LogP contribution in [0.25, 0.3) is 11.0 Å². The molecule has 1 unspecified atom stereocenters. The number of para-hydroxylation sites is 2. The summed E-state index contributed by atoms with van der Waals surface area (Å²) in [6.45, 7) is 2.76. The molecule has 1 amide bonds. The number of carbonyl (C=O) groups excluding carboxylic acids is 1. The Bertz CT molecular complexity index is 726. The van der Waals surface area contributed by atoms with Crippen LogP contribution in [0.15, 0.2) is 29.4 Å². The second kappa shape index (κ2) is 7.09. The molecule has 7 heteroatoms. The van der Waals surface area contributed by atoms with E-state index in [9.17, 15) is 13.6 Å². The highest BCUT2D eigenvalue weighted by molar-refractivity contribution is 8.00. The molecule has 0 aliphatic carbocycles. The van der Waals surface area contributed by atoms with Gasteiger partial charge in [-0.2, -0.15) is 8.78 Å². The van der Waals surface area contributed by atoms with Crippen molar-refractivity contribution in [3.05, 3.63) is 24.3 Å². The Morgan fingerprint density at radius 1 is 1.29 bits per heavy atom. The van der Waals surface area contributed by atoms with Gasteiger partial charge in [0.05, 0.1) is 16.3 Å². The molecule has 0 saturated carbocycles. The summed E-state index contributed by atoms with van der Waals surface area (Å²) in [6, 6.07) is 6.80. The van der Waals surface area contributed by atoms with E-state index in [1.165, 1.54) is 0 Å². The fourth-order valence-corrected chi connectivity index (χ4v) is 4.00. The molecular weight excluding hydrogens is 332 g/mol. The smallest absolute Gasteiger partial charge is 0.321 e. The molecule has 1 saturated heterocycles. The molecule has 1 aliphatic rings. The lowest BCUT2D eigenvalue weighted by molar-refractivity contribution is -0.131. The van der Waals surface area contributed by atoms with Crippen molar-refractivity contribution in [3.8, 4) is 0 Å². The lowest BCUT2D eigenvalue weighted by Crippen LogP contribution is -2.41. The number of imidazole rings is 1. The minimum atomic E-state index is -2.68. The van der Waals surface area contributed by atoms with Crippen molar-refractivity contribution in [2.75, 3.05) is 13.1 Å². The monoisotopic (exact) mass is 353 g/mol. The largest absolute Gasteiger partial charge is 0.342 e. The van der Waals surface area contributed by atoms with Crippen molar-refractivity contribution in [2.24, 2.45) is 5.92 Å². The van der Waals surface area contributed by atoms with Gasteiger partial charge in [-0.1, -0.05) is 30.8 Å². The van der Waals surface area contributed by atoms with Gasteiger partial charge in [0.25, 0.3) is 0 Å². The third kappa shape index (κ3) is 3.41. The van der Waals surface area contributed by atoms with Gasteiger partial charge >= 0.3 is 6.55 Å². The lowest BCUT2D eigenvalue weighted by Gasteiger charge is -2.32. The van der Waals surface area contributed by atoms with Gasteiger partial charge in [-0.05, 0) is 37.8 Å². The van der Waals surface area contributed by atoms with E-state index < -0.39 is 11.8 Å². The average Bonchev–Trinajstić information content (AvgIpc) is 2.92. The molecule has 1 aromatic heterocycles. The number of benzene rings is 1. The number of fused-ring (bicyclic) bond motifs is 1. The molecule has 0 spiro atoms. The van der Waals surface area contributed by atoms with Crippen LogP contribution in [-0.4, -0.2) is 38.7 Å². The summed E-state index contributed by atoms with van der Waals surface area (Å²) >= 11 is 1.11. The van der Waals surface area contributed by atoms with Crippen molar-refractivity contribution >= 4 is 28.7 Å². The molecule has 2 aromatic rings. The highest BCUT2D eigenvalue weighted by Gasteiger charge is 2.27. The Balaban J connectivity index is 1.79. The predicted molar refractivity (Wildman–Crippen MR) is 91.3 cm³/mol. The van der Waals surface area contributed by atoms with Gasteiger partial charge in [-0.15, -0.1) is 0 Å². The summed E-state index contributed by atoms with van der Waals surface area (Å²) < 4.78 is 27.8. The van der Waals surface area contributed by atoms with Crippen molar-refractivity contribution in [2.45, 2.75) is 43.6 Å². The Labute approximate surface area is 144 Å². The van der Waals surface area contributed by atoms with Crippen LogP contribution in [0.3, 0.4) is 0 Å². The van der Waals surface area contributed by atoms with E-state index in [1.54, 1.807) is 31.2 Å². The average molecular weight is 353 g/mol. The van der Waals surface area contributed by atoms with Crippen LogP contribution in [0.1, 0.15) is 33.2 Å². The van der Waals surface area contributed by atoms with E-state index in [1.807, 2.05) is 4.90 Å². The van der Waals surface area contributed by atoms with Gasteiger partial charge in [0.15, 0.2) is 5.16 Å². The quantitative estimate of drug-likeness (QED) is 0.774. The predicted octanol–water partition coefficient (Wildman–Crippen LogP) is 4.17. The number of hydrogen-bond acceptors (Lipinski definition) is 3. The van der Waals surface area contributed by atoms with Crippen molar-refractivity contribution < 1.29 is 13.6 Å². The fraction of sp³-hybridized carbons (Fsp3) is 0.529. The molecule has 24 heavy (non-hydrogen) atoms. The zero-order chi connectivity index (χ0) is 17.3. The summed E-state index contributed by atoms with van der Waals surface area (Å²) in [4.78, 5) is 18.7. The maximum atomic E-state index is 13.5. The molecular formula is C17H21F2N3OS. The number of hydrogen-bond donors (Lipinski definition) is 0. The zero-order valence-electron chi connectivity index (χ0n) is 13.8. The van der Waals surface area contributed by atoms with Crippen LogP contribution in [0.5, 0.6) is 0 Å². The number of thioether (sulfide) groups is 1. The van der Waals surface area contributed by atoms with Gasteiger partial charge in [0.1, 0.15) is 0 Å². The van der Waals surface area contributed by atoms with E-state index in [0.717, 1.165) is 42.3 Å². The summed E-state index contributed by atoms with van der Waals surface area (Å²) in [6.07, 6.45) is 2.00. The lowest BCUT2D eigenvalue weighted by atomic mass is 9.99. The molecule has 2 heterocycles. The van der Waals surface area contributed by atoms with Gasteiger partial charge in [0.2, 0.25) is 5.91 Å². The van der Waals surface area contributed by atoms with Crippen LogP contribution in [0.4, 0.5) is 8.78 Å². The molecule has 0 radical (unpaired) electrons. The van der Waals surface area contributed by atoms with E-state index in [-0.39, 0.29) is 11.1 Å². The molecule has 1 aliphatic heterocycles. The minimum Gasteiger partial charge on any atom is -0.342 e. The summed E-state index contributed by atoms with van der Waals surface area (Å²) in [5, 5.41) is -0.245. The van der Waals surface area contributed by atoms with Crippen LogP contribution >= 0.6 is 11.8 Å². The third-order valence-electron chi connectivity index (χ3n) is 4.48. The first-order chi connectivity index (χ1) is 11.5. The van der Waals surface area contributed by atoms with E-state index >= 15 is 0 Å². The number of amides is 1. The van der Waals surface area contributed by atoms with Crippen LogP contribution in [-0.2, 0) is 4.79 Å². The third-order valence-corrected chi connectivity index (χ3v) is 5.54. The standard InChI is InChI=1S/C17H21F2N3OS/c1-11-7-9-21(10-8-11)15(23)12(2)24-17-20-13-5-3-4-6-14(13)22(17)16(18)19/h3-6,11-12,16H,7-10H2,1-2H3. The molecule has 0 bridgehead atoms. The number of likely N-dealkylation sites (tertiary alicyclic amines) is 1. The number of alkyl halides is 2. The Hall–Kier alpha value is -1.63. The first kappa shape index (κ1) is 17.2. The van der Waals surface area contributed by atoms with Crippen LogP contribution in [0, 0.1) is 5.92 Å². The van der Waals surface area contributed by atoms with E-state index in [4.69, 9.17) is 0 Å². The Morgan fingerprint density at radius 3 is 2.62 bits per heavy atom. The van der Waals surface area contributed by atoms with Crippen LogP contribution < -0.4 is 0 Å². The normalized spacial score (nSPS) is 17.6. The second-order valence-electron chi connectivity index (χ2n) is 6.30. The first-order valence-corrected chi connectivity index (χ1v) is 9.06. The molecule has 3 rings (SSSR count). The van der Waals surface area contributed by atoms with Crippen LogP contribution in [0.2, 0.25) is 0 Å². The van der Waals surface area contributed by atoms with Crippen molar-refractivity contribution in [3.63, 3.8) is 0 Å². The SMILES string of the molecule is CC1CCN(C(=O)C(C)Sc2nc3ccccc3n2C(F)F)CC1. The maximum Gasteiger partial charge on any atom is 0.321 e. The molecule has 4 nitrogen and oxygen atoms in total. The van der Waals surface area contributed by atoms with Gasteiger partial charge in [0, 0.05) is 13.1 Å². The van der Waals surface area contributed by atoms with Gasteiger partial charge in [-0.3, -0.25) is 9.36 Å². The number of rotatable bonds is 4. The Kier molecular flexibility index (Phi) is 5.08. The Morgan fingerprint density at radius 2 is 1.96 bits per heavy atom. The first-order valence-electron chi connectivity index (χ1n) is 8.18. The molecule has 1 atom stereocenters. The van der Waals surface area contributed by atoms with Gasteiger partial charge in [-0.25, -0.2) is 4.98 Å². The topological polar surface area (TPSA) is 38.1 Å². The second-order valence-corrected chi connectivity index (χ2v) is 7.61. The minimum absolute atomic E-state index is 0.000211. The highest BCUT2D eigenvalue weighted by Crippen LogP contribution is 2.32.